The van der Waals surface area contributed by atoms with Crippen molar-refractivity contribution in [3.63, 3.8) is 0 Å². The first-order valence-electron chi connectivity index (χ1n) is 5.95. The van der Waals surface area contributed by atoms with E-state index in [9.17, 15) is 4.79 Å². The lowest BCUT2D eigenvalue weighted by Crippen LogP contribution is -2.27. The molecule has 0 saturated heterocycles. The van der Waals surface area contributed by atoms with Gasteiger partial charge < -0.3 is 9.47 Å². The number of esters is 1. The Morgan fingerprint density at radius 3 is 2.67 bits per heavy atom. The molecular weight excluding hydrogens is 232 g/mol. The van der Waals surface area contributed by atoms with Gasteiger partial charge in [0.2, 0.25) is 0 Å². The van der Waals surface area contributed by atoms with Crippen molar-refractivity contribution < 1.29 is 14.3 Å². The molecule has 1 aromatic rings. The van der Waals surface area contributed by atoms with Crippen LogP contribution in [0.3, 0.4) is 0 Å². The molecule has 0 fully saturated rings. The van der Waals surface area contributed by atoms with Gasteiger partial charge in [-0.25, -0.2) is 4.79 Å². The molecule has 0 saturated carbocycles. The summed E-state index contributed by atoms with van der Waals surface area (Å²) in [4.78, 5) is 17.7. The summed E-state index contributed by atoms with van der Waals surface area (Å²) >= 11 is 0. The highest BCUT2D eigenvalue weighted by Gasteiger charge is 2.07. The van der Waals surface area contributed by atoms with E-state index in [1.54, 1.807) is 19.4 Å². The highest BCUT2D eigenvalue weighted by Crippen LogP contribution is 2.05. The predicted octanol–water partition coefficient (Wildman–Crippen LogP) is 1.34. The summed E-state index contributed by atoms with van der Waals surface area (Å²) in [6.07, 6.45) is 1.55. The Kier molecular flexibility index (Phi) is 6.32. The molecule has 0 bridgehead atoms. The third-order valence-electron chi connectivity index (χ3n) is 2.69. The van der Waals surface area contributed by atoms with Crippen LogP contribution in [0.1, 0.15) is 23.0 Å². The number of hydrogen-bond donors (Lipinski definition) is 0. The Balaban J connectivity index is 2.59. The van der Waals surface area contributed by atoms with E-state index in [2.05, 4.69) is 21.5 Å². The molecule has 0 unspecified atom stereocenters. The Labute approximate surface area is 108 Å². The van der Waals surface area contributed by atoms with Crippen LogP contribution in [0.4, 0.5) is 0 Å². The van der Waals surface area contributed by atoms with Crippen molar-refractivity contribution in [2.45, 2.75) is 13.5 Å². The quantitative estimate of drug-likeness (QED) is 0.685. The highest BCUT2D eigenvalue weighted by atomic mass is 16.5. The third-order valence-corrected chi connectivity index (χ3v) is 2.69. The molecule has 5 heteroatoms. The first-order chi connectivity index (χ1) is 8.71. The molecule has 18 heavy (non-hydrogen) atoms. The Bertz CT molecular complexity index is 365. The van der Waals surface area contributed by atoms with Crippen LogP contribution in [-0.4, -0.2) is 49.8 Å². The minimum atomic E-state index is -0.360. The van der Waals surface area contributed by atoms with Crippen LogP contribution in [0, 0.1) is 0 Å². The molecule has 1 rings (SSSR count). The zero-order valence-electron chi connectivity index (χ0n) is 11.2. The van der Waals surface area contributed by atoms with Crippen LogP contribution < -0.4 is 0 Å². The Morgan fingerprint density at radius 2 is 2.17 bits per heavy atom. The van der Waals surface area contributed by atoms with Crippen LogP contribution >= 0.6 is 0 Å². The van der Waals surface area contributed by atoms with E-state index >= 15 is 0 Å². The normalized spacial score (nSPS) is 10.7. The third kappa shape index (κ3) is 4.43. The van der Waals surface area contributed by atoms with Gasteiger partial charge in [0.1, 0.15) is 0 Å². The second kappa shape index (κ2) is 7.79. The van der Waals surface area contributed by atoms with E-state index in [0.29, 0.717) is 12.2 Å². The largest absolute Gasteiger partial charge is 0.465 e. The second-order valence-electron chi connectivity index (χ2n) is 3.89. The van der Waals surface area contributed by atoms with Crippen molar-refractivity contribution in [2.75, 3.05) is 33.9 Å². The van der Waals surface area contributed by atoms with Crippen LogP contribution in [0.15, 0.2) is 18.3 Å². The molecule has 0 spiro atoms. The molecule has 100 valence electrons. The molecule has 5 nitrogen and oxygen atoms in total. The van der Waals surface area contributed by atoms with Gasteiger partial charge in [-0.05, 0) is 18.7 Å². The molecule has 0 aromatic carbocycles. The van der Waals surface area contributed by atoms with Gasteiger partial charge in [0.15, 0.2) is 0 Å². The lowest BCUT2D eigenvalue weighted by molar-refractivity contribution is 0.0600. The fourth-order valence-electron chi connectivity index (χ4n) is 1.56. The molecule has 0 radical (unpaired) electrons. The molecule has 1 heterocycles. The second-order valence-corrected chi connectivity index (χ2v) is 3.89. The topological polar surface area (TPSA) is 51.7 Å². The highest BCUT2D eigenvalue weighted by molar-refractivity contribution is 5.88. The van der Waals surface area contributed by atoms with Gasteiger partial charge in [-0.2, -0.15) is 0 Å². The van der Waals surface area contributed by atoms with E-state index in [-0.39, 0.29) is 5.97 Å². The number of rotatable bonds is 7. The number of pyridine rings is 1. The predicted molar refractivity (Wildman–Crippen MR) is 68.4 cm³/mol. The van der Waals surface area contributed by atoms with Crippen LogP contribution in [0.5, 0.6) is 0 Å². The molecule has 0 aliphatic carbocycles. The summed E-state index contributed by atoms with van der Waals surface area (Å²) < 4.78 is 9.68. The summed E-state index contributed by atoms with van der Waals surface area (Å²) in [6.45, 7) is 5.35. The van der Waals surface area contributed by atoms with Crippen molar-refractivity contribution >= 4 is 5.97 Å². The van der Waals surface area contributed by atoms with Crippen molar-refractivity contribution in [2.24, 2.45) is 0 Å². The van der Waals surface area contributed by atoms with Crippen molar-refractivity contribution in [3.05, 3.63) is 29.6 Å². The molecule has 0 atom stereocenters. The number of carbonyl (C=O) groups is 1. The van der Waals surface area contributed by atoms with E-state index in [4.69, 9.17) is 4.74 Å². The van der Waals surface area contributed by atoms with Gasteiger partial charge in [0.05, 0.1) is 25.0 Å². The number of likely N-dealkylation sites (N-methyl/N-ethyl adjacent to an activating group) is 1. The minimum absolute atomic E-state index is 0.360. The summed E-state index contributed by atoms with van der Waals surface area (Å²) in [6, 6.07) is 3.58. The molecule has 0 amide bonds. The Morgan fingerprint density at radius 1 is 1.39 bits per heavy atom. The molecular formula is C13H20N2O3. The number of ether oxygens (including phenoxy) is 2. The Hall–Kier alpha value is -1.46. The fourth-order valence-corrected chi connectivity index (χ4v) is 1.56. The fraction of sp³-hybridized carbons (Fsp3) is 0.538. The van der Waals surface area contributed by atoms with Gasteiger partial charge in [0.25, 0.3) is 0 Å². The SMILES string of the molecule is CCN(CCOC)Cc1ccc(C(=O)OC)cn1. The zero-order chi connectivity index (χ0) is 13.4. The maximum atomic E-state index is 11.3. The van der Waals surface area contributed by atoms with E-state index in [0.717, 1.165) is 25.3 Å². The van der Waals surface area contributed by atoms with Gasteiger partial charge in [-0.15, -0.1) is 0 Å². The monoisotopic (exact) mass is 252 g/mol. The number of hydrogen-bond acceptors (Lipinski definition) is 5. The van der Waals surface area contributed by atoms with Crippen LogP contribution in [-0.2, 0) is 16.0 Å². The number of aromatic nitrogens is 1. The molecule has 0 N–H and O–H groups in total. The van der Waals surface area contributed by atoms with Gasteiger partial charge in [-0.1, -0.05) is 6.92 Å². The van der Waals surface area contributed by atoms with Crippen molar-refractivity contribution in [1.82, 2.24) is 9.88 Å². The first kappa shape index (κ1) is 14.6. The number of methoxy groups -OCH3 is 2. The smallest absolute Gasteiger partial charge is 0.339 e. The molecule has 1 aromatic heterocycles. The van der Waals surface area contributed by atoms with E-state index in [1.165, 1.54) is 7.11 Å². The maximum Gasteiger partial charge on any atom is 0.339 e. The minimum Gasteiger partial charge on any atom is -0.465 e. The van der Waals surface area contributed by atoms with E-state index < -0.39 is 0 Å². The van der Waals surface area contributed by atoms with Crippen molar-refractivity contribution in [1.29, 1.82) is 0 Å². The lowest BCUT2D eigenvalue weighted by Gasteiger charge is -2.19. The maximum absolute atomic E-state index is 11.3. The summed E-state index contributed by atoms with van der Waals surface area (Å²) in [5.74, 6) is -0.360. The summed E-state index contributed by atoms with van der Waals surface area (Å²) in [5, 5.41) is 0. The average molecular weight is 252 g/mol. The zero-order valence-corrected chi connectivity index (χ0v) is 11.2. The van der Waals surface area contributed by atoms with Gasteiger partial charge >= 0.3 is 5.97 Å². The van der Waals surface area contributed by atoms with Gasteiger partial charge in [-0.3, -0.25) is 9.88 Å². The standard InChI is InChI=1S/C13H20N2O3/c1-4-15(7-8-17-2)10-12-6-5-11(9-14-12)13(16)18-3/h5-6,9H,4,7-8,10H2,1-3H3. The van der Waals surface area contributed by atoms with Crippen LogP contribution in [0.25, 0.3) is 0 Å². The lowest BCUT2D eigenvalue weighted by atomic mass is 10.2. The van der Waals surface area contributed by atoms with Gasteiger partial charge in [0, 0.05) is 26.4 Å². The first-order valence-corrected chi connectivity index (χ1v) is 5.95. The summed E-state index contributed by atoms with van der Waals surface area (Å²) in [7, 11) is 3.05. The van der Waals surface area contributed by atoms with E-state index in [1.807, 2.05) is 6.07 Å². The van der Waals surface area contributed by atoms with Crippen molar-refractivity contribution in [3.8, 4) is 0 Å². The molecule has 0 aliphatic heterocycles. The van der Waals surface area contributed by atoms with Crippen LogP contribution in [0.2, 0.25) is 0 Å². The number of nitrogens with zero attached hydrogens (tertiary/aromatic N) is 2. The number of carbonyl (C=O) groups excluding carboxylic acids is 1. The average Bonchev–Trinajstić information content (AvgIpc) is 2.43. The molecule has 0 aliphatic rings. The summed E-state index contributed by atoms with van der Waals surface area (Å²) in [5.41, 5.74) is 1.40.